The first-order valence-corrected chi connectivity index (χ1v) is 6.30. The van der Waals surface area contributed by atoms with Gasteiger partial charge in [0, 0.05) is 6.54 Å². The number of carbonyl (C=O) groups is 2. The number of carboxylic acid groups (broad SMARTS) is 1. The van der Waals surface area contributed by atoms with Gasteiger partial charge in [-0.3, -0.25) is 4.79 Å². The highest BCUT2D eigenvalue weighted by Gasteiger charge is 2.41. The lowest BCUT2D eigenvalue weighted by atomic mass is 9.83. The summed E-state index contributed by atoms with van der Waals surface area (Å²) in [6.45, 7) is 0.173. The van der Waals surface area contributed by atoms with Crippen molar-refractivity contribution >= 4 is 11.9 Å². The molecule has 0 aromatic carbocycles. The van der Waals surface area contributed by atoms with E-state index in [4.69, 9.17) is 0 Å². The number of carboxylic acids is 1. The highest BCUT2D eigenvalue weighted by atomic mass is 16.4. The molecule has 2 atom stereocenters. The van der Waals surface area contributed by atoms with Gasteiger partial charge in [0.05, 0.1) is 12.5 Å². The summed E-state index contributed by atoms with van der Waals surface area (Å²) in [5.41, 5.74) is 0. The first-order valence-electron chi connectivity index (χ1n) is 6.30. The molecule has 2 fully saturated rings. The molecule has 1 unspecified atom stereocenters. The molecule has 0 bridgehead atoms. The van der Waals surface area contributed by atoms with Gasteiger partial charge in [0.1, 0.15) is 6.04 Å². The van der Waals surface area contributed by atoms with Crippen LogP contribution in [-0.4, -0.2) is 45.7 Å². The van der Waals surface area contributed by atoms with Gasteiger partial charge in [-0.15, -0.1) is 0 Å². The number of nitrogens with zero attached hydrogens (tertiary/aromatic N) is 1. The molecule has 0 radical (unpaired) electrons. The van der Waals surface area contributed by atoms with Crippen molar-refractivity contribution in [2.24, 2.45) is 5.92 Å². The zero-order valence-electron chi connectivity index (χ0n) is 9.84. The van der Waals surface area contributed by atoms with Gasteiger partial charge in [0.25, 0.3) is 0 Å². The average molecular weight is 241 g/mol. The molecule has 17 heavy (non-hydrogen) atoms. The molecule has 2 N–H and O–H groups in total. The Kier molecular flexibility index (Phi) is 3.66. The zero-order valence-corrected chi connectivity index (χ0v) is 9.84. The maximum absolute atomic E-state index is 11.7. The third-order valence-corrected chi connectivity index (χ3v) is 3.82. The number of hydrogen-bond donors (Lipinski definition) is 2. The Balaban J connectivity index is 2.11. The van der Waals surface area contributed by atoms with Crippen molar-refractivity contribution in [1.29, 1.82) is 0 Å². The van der Waals surface area contributed by atoms with Gasteiger partial charge in [-0.2, -0.15) is 0 Å². The van der Waals surface area contributed by atoms with E-state index in [0.717, 1.165) is 32.1 Å². The van der Waals surface area contributed by atoms with E-state index in [1.165, 1.54) is 4.90 Å². The number of β-amino-alcohol motifs (C(OH)–C–C–N with tert-alkyl or cyclic N) is 1. The Morgan fingerprint density at radius 3 is 2.41 bits per heavy atom. The highest BCUT2D eigenvalue weighted by molar-refractivity contribution is 5.85. The van der Waals surface area contributed by atoms with E-state index < -0.39 is 18.1 Å². The molecule has 2 rings (SSSR count). The molecule has 2 aliphatic rings. The number of likely N-dealkylation sites (tertiary alicyclic amines) is 1. The van der Waals surface area contributed by atoms with Crippen molar-refractivity contribution in [2.45, 2.75) is 50.7 Å². The maximum atomic E-state index is 11.7. The third-order valence-electron chi connectivity index (χ3n) is 3.82. The minimum absolute atomic E-state index is 0.0514. The largest absolute Gasteiger partial charge is 0.480 e. The summed E-state index contributed by atoms with van der Waals surface area (Å²) >= 11 is 0. The quantitative estimate of drug-likeness (QED) is 0.759. The minimum atomic E-state index is -0.931. The molecule has 5 heteroatoms. The van der Waals surface area contributed by atoms with Crippen LogP contribution in [0.4, 0.5) is 0 Å². The van der Waals surface area contributed by atoms with Crippen molar-refractivity contribution in [3.63, 3.8) is 0 Å². The normalized spacial score (nSPS) is 28.4. The van der Waals surface area contributed by atoms with Crippen molar-refractivity contribution in [2.75, 3.05) is 6.54 Å². The SMILES string of the molecule is O=C(O)[C@H](C1CCCCC1)N1CC(O)CC1=O. The number of carbonyl (C=O) groups excluding carboxylic acids is 1. The fraction of sp³-hybridized carbons (Fsp3) is 0.833. The second kappa shape index (κ2) is 5.04. The Morgan fingerprint density at radius 2 is 1.94 bits per heavy atom. The predicted octanol–water partition coefficient (Wildman–Crippen LogP) is 0.613. The smallest absolute Gasteiger partial charge is 0.326 e. The van der Waals surface area contributed by atoms with Gasteiger partial charge in [-0.1, -0.05) is 19.3 Å². The molecule has 1 aliphatic heterocycles. The average Bonchev–Trinajstić information content (AvgIpc) is 2.59. The lowest BCUT2D eigenvalue weighted by molar-refractivity contribution is -0.151. The molecule has 1 aliphatic carbocycles. The molecule has 1 saturated heterocycles. The van der Waals surface area contributed by atoms with E-state index in [2.05, 4.69) is 0 Å². The summed E-state index contributed by atoms with van der Waals surface area (Å²) in [7, 11) is 0. The maximum Gasteiger partial charge on any atom is 0.326 e. The first kappa shape index (κ1) is 12.4. The molecule has 1 amide bonds. The van der Waals surface area contributed by atoms with Gasteiger partial charge in [0.2, 0.25) is 5.91 Å². The number of rotatable bonds is 3. The predicted molar refractivity (Wildman–Crippen MR) is 60.3 cm³/mol. The molecule has 0 spiro atoms. The standard InChI is InChI=1S/C12H19NO4/c14-9-6-10(15)13(7-9)11(12(16)17)8-4-2-1-3-5-8/h8-9,11,14H,1-7H2,(H,16,17)/t9?,11-/m0/s1. The zero-order chi connectivity index (χ0) is 12.4. The summed E-state index contributed by atoms with van der Waals surface area (Å²) in [6.07, 6.45) is 4.34. The van der Waals surface area contributed by atoms with Crippen LogP contribution in [0, 0.1) is 5.92 Å². The molecular formula is C12H19NO4. The van der Waals surface area contributed by atoms with Crippen LogP contribution < -0.4 is 0 Å². The van der Waals surface area contributed by atoms with E-state index in [0.29, 0.717) is 0 Å². The lowest BCUT2D eigenvalue weighted by Gasteiger charge is -2.33. The minimum Gasteiger partial charge on any atom is -0.480 e. The van der Waals surface area contributed by atoms with Gasteiger partial charge in [-0.05, 0) is 18.8 Å². The second-order valence-corrected chi connectivity index (χ2v) is 5.09. The summed E-state index contributed by atoms with van der Waals surface area (Å²) in [4.78, 5) is 24.4. The van der Waals surface area contributed by atoms with Crippen LogP contribution in [0.2, 0.25) is 0 Å². The number of hydrogen-bond acceptors (Lipinski definition) is 3. The van der Waals surface area contributed by atoms with E-state index in [9.17, 15) is 19.8 Å². The Bertz CT molecular complexity index is 312. The molecule has 0 aromatic heterocycles. The van der Waals surface area contributed by atoms with Crippen molar-refractivity contribution < 1.29 is 19.8 Å². The monoisotopic (exact) mass is 241 g/mol. The highest BCUT2D eigenvalue weighted by Crippen LogP contribution is 2.31. The Labute approximate surface area is 100 Å². The fourth-order valence-corrected chi connectivity index (χ4v) is 3.02. The summed E-state index contributed by atoms with van der Waals surface area (Å²) in [6, 6.07) is -0.736. The fourth-order valence-electron chi connectivity index (χ4n) is 3.02. The van der Waals surface area contributed by atoms with E-state index in [-0.39, 0.29) is 24.8 Å². The van der Waals surface area contributed by atoms with Gasteiger partial charge in [0.15, 0.2) is 0 Å². The van der Waals surface area contributed by atoms with Crippen LogP contribution in [0.25, 0.3) is 0 Å². The van der Waals surface area contributed by atoms with E-state index in [1.54, 1.807) is 0 Å². The van der Waals surface area contributed by atoms with Crippen LogP contribution in [0.3, 0.4) is 0 Å². The van der Waals surface area contributed by atoms with Crippen molar-refractivity contribution in [1.82, 2.24) is 4.90 Å². The third kappa shape index (κ3) is 2.60. The Hall–Kier alpha value is -1.10. The van der Waals surface area contributed by atoms with Gasteiger partial charge in [-0.25, -0.2) is 4.79 Å². The molecule has 0 aromatic rings. The summed E-state index contributed by atoms with van der Waals surface area (Å²) in [5.74, 6) is -1.11. The number of aliphatic hydroxyl groups excluding tert-OH is 1. The summed E-state index contributed by atoms with van der Waals surface area (Å²) in [5, 5.41) is 18.8. The molecular weight excluding hydrogens is 222 g/mol. The topological polar surface area (TPSA) is 77.8 Å². The van der Waals surface area contributed by atoms with Crippen molar-refractivity contribution in [3.8, 4) is 0 Å². The second-order valence-electron chi connectivity index (χ2n) is 5.09. The molecule has 5 nitrogen and oxygen atoms in total. The van der Waals surface area contributed by atoms with E-state index >= 15 is 0 Å². The van der Waals surface area contributed by atoms with Crippen LogP contribution in [0.1, 0.15) is 38.5 Å². The number of aliphatic carboxylic acids is 1. The van der Waals surface area contributed by atoms with Gasteiger partial charge < -0.3 is 15.1 Å². The summed E-state index contributed by atoms with van der Waals surface area (Å²) < 4.78 is 0. The lowest BCUT2D eigenvalue weighted by Crippen LogP contribution is -2.47. The number of aliphatic hydroxyl groups is 1. The van der Waals surface area contributed by atoms with Crippen LogP contribution >= 0.6 is 0 Å². The first-order chi connectivity index (χ1) is 8.09. The van der Waals surface area contributed by atoms with Crippen molar-refractivity contribution in [3.05, 3.63) is 0 Å². The molecule has 1 heterocycles. The molecule has 1 saturated carbocycles. The Morgan fingerprint density at radius 1 is 1.29 bits per heavy atom. The van der Waals surface area contributed by atoms with Crippen LogP contribution in [0.5, 0.6) is 0 Å². The van der Waals surface area contributed by atoms with Crippen LogP contribution in [-0.2, 0) is 9.59 Å². The number of amides is 1. The van der Waals surface area contributed by atoms with E-state index in [1.807, 2.05) is 0 Å². The molecule has 96 valence electrons. The van der Waals surface area contributed by atoms with Crippen LogP contribution in [0.15, 0.2) is 0 Å². The van der Waals surface area contributed by atoms with Gasteiger partial charge >= 0.3 is 5.97 Å².